The topological polar surface area (TPSA) is 119 Å². The quantitative estimate of drug-likeness (QED) is 0.291. The number of aryl methyl sites for hydroxylation is 1. The fourth-order valence-corrected chi connectivity index (χ4v) is 2.19. The predicted octanol–water partition coefficient (Wildman–Crippen LogP) is 2.15. The highest BCUT2D eigenvalue weighted by Crippen LogP contribution is 2.28. The van der Waals surface area contributed by atoms with Crippen LogP contribution in [-0.4, -0.2) is 34.5 Å². The Hall–Kier alpha value is -4.01. The van der Waals surface area contributed by atoms with Crippen LogP contribution in [0.1, 0.15) is 21.6 Å². The number of methoxy groups -OCH3 is 1. The molecule has 9 nitrogen and oxygen atoms in total. The van der Waals surface area contributed by atoms with Crippen molar-refractivity contribution in [2.75, 3.05) is 12.5 Å². The van der Waals surface area contributed by atoms with E-state index < -0.39 is 5.97 Å². The molecule has 9 heteroatoms. The SMILES string of the molecule is COc1cc(/C=N/Nc2nnc(C)c(=O)[nH]2)ccc1OC(=O)c1ccccc1. The third-order valence-electron chi connectivity index (χ3n) is 3.64. The van der Waals surface area contributed by atoms with Crippen molar-refractivity contribution in [2.24, 2.45) is 5.10 Å². The summed E-state index contributed by atoms with van der Waals surface area (Å²) < 4.78 is 10.7. The molecular weight excluding hydrogens is 362 g/mol. The van der Waals surface area contributed by atoms with Gasteiger partial charge >= 0.3 is 5.97 Å². The van der Waals surface area contributed by atoms with Gasteiger partial charge in [-0.05, 0) is 42.8 Å². The molecule has 0 radical (unpaired) electrons. The van der Waals surface area contributed by atoms with Crippen molar-refractivity contribution < 1.29 is 14.3 Å². The molecule has 2 N–H and O–H groups in total. The number of esters is 1. The van der Waals surface area contributed by atoms with Crippen LogP contribution in [-0.2, 0) is 0 Å². The Balaban J connectivity index is 1.71. The third-order valence-corrected chi connectivity index (χ3v) is 3.64. The van der Waals surface area contributed by atoms with Gasteiger partial charge in [0.25, 0.3) is 5.56 Å². The normalized spacial score (nSPS) is 10.6. The van der Waals surface area contributed by atoms with Gasteiger partial charge in [0.15, 0.2) is 11.5 Å². The van der Waals surface area contributed by atoms with E-state index >= 15 is 0 Å². The second kappa shape index (κ2) is 8.58. The lowest BCUT2D eigenvalue weighted by Crippen LogP contribution is -2.15. The zero-order valence-corrected chi connectivity index (χ0v) is 15.2. The maximum absolute atomic E-state index is 12.2. The van der Waals surface area contributed by atoms with Gasteiger partial charge in [0, 0.05) is 0 Å². The second-order valence-electron chi connectivity index (χ2n) is 5.62. The van der Waals surface area contributed by atoms with Crippen LogP contribution >= 0.6 is 0 Å². The lowest BCUT2D eigenvalue weighted by molar-refractivity contribution is 0.0729. The zero-order chi connectivity index (χ0) is 19.9. The molecule has 0 saturated carbocycles. The van der Waals surface area contributed by atoms with Crippen LogP contribution < -0.4 is 20.5 Å². The Morgan fingerprint density at radius 1 is 1.14 bits per heavy atom. The number of aromatic nitrogens is 3. The van der Waals surface area contributed by atoms with Crippen LogP contribution in [0.2, 0.25) is 0 Å². The molecule has 0 aliphatic heterocycles. The highest BCUT2D eigenvalue weighted by atomic mass is 16.6. The number of nitrogens with zero attached hydrogens (tertiary/aromatic N) is 3. The molecule has 0 aliphatic rings. The van der Waals surface area contributed by atoms with E-state index in [-0.39, 0.29) is 23.0 Å². The molecule has 1 heterocycles. The summed E-state index contributed by atoms with van der Waals surface area (Å²) in [5, 5.41) is 11.4. The number of hydrogen-bond acceptors (Lipinski definition) is 8. The molecule has 0 atom stereocenters. The maximum atomic E-state index is 12.2. The molecular formula is C19H17N5O4. The summed E-state index contributed by atoms with van der Waals surface area (Å²) in [5.41, 5.74) is 3.61. The smallest absolute Gasteiger partial charge is 0.343 e. The van der Waals surface area contributed by atoms with E-state index in [4.69, 9.17) is 9.47 Å². The summed E-state index contributed by atoms with van der Waals surface area (Å²) in [5.74, 6) is 0.295. The predicted molar refractivity (Wildman–Crippen MR) is 103 cm³/mol. The third kappa shape index (κ3) is 4.58. The first-order chi connectivity index (χ1) is 13.6. The molecule has 0 aliphatic carbocycles. The minimum Gasteiger partial charge on any atom is -0.493 e. The van der Waals surface area contributed by atoms with E-state index in [1.54, 1.807) is 49.4 Å². The number of hydrazone groups is 1. The first-order valence-corrected chi connectivity index (χ1v) is 8.25. The van der Waals surface area contributed by atoms with E-state index in [2.05, 4.69) is 25.7 Å². The molecule has 3 aromatic rings. The number of aromatic amines is 1. The molecule has 0 fully saturated rings. The molecule has 28 heavy (non-hydrogen) atoms. The number of hydrogen-bond donors (Lipinski definition) is 2. The molecule has 0 amide bonds. The molecule has 1 aromatic heterocycles. The number of benzene rings is 2. The molecule has 0 bridgehead atoms. The Kier molecular flexibility index (Phi) is 5.75. The van der Waals surface area contributed by atoms with Crippen molar-refractivity contribution >= 4 is 18.1 Å². The number of carbonyl (C=O) groups excluding carboxylic acids is 1. The van der Waals surface area contributed by atoms with E-state index in [0.29, 0.717) is 16.9 Å². The Labute approximate surface area is 160 Å². The monoisotopic (exact) mass is 379 g/mol. The lowest BCUT2D eigenvalue weighted by Gasteiger charge is -2.10. The molecule has 0 spiro atoms. The number of anilines is 1. The van der Waals surface area contributed by atoms with Gasteiger partial charge in [-0.2, -0.15) is 5.10 Å². The first-order valence-electron chi connectivity index (χ1n) is 8.25. The number of ether oxygens (including phenoxy) is 2. The number of rotatable bonds is 6. The highest BCUT2D eigenvalue weighted by Gasteiger charge is 2.12. The summed E-state index contributed by atoms with van der Waals surface area (Å²) in [7, 11) is 1.47. The Morgan fingerprint density at radius 3 is 2.64 bits per heavy atom. The van der Waals surface area contributed by atoms with Crippen LogP contribution in [0.4, 0.5) is 5.95 Å². The number of H-pyrrole nitrogens is 1. The van der Waals surface area contributed by atoms with Crippen molar-refractivity contribution in [3.8, 4) is 11.5 Å². The molecule has 142 valence electrons. The number of nitrogens with one attached hydrogen (secondary N) is 2. The van der Waals surface area contributed by atoms with Gasteiger partial charge < -0.3 is 9.47 Å². The van der Waals surface area contributed by atoms with Crippen molar-refractivity contribution in [2.45, 2.75) is 6.92 Å². The summed E-state index contributed by atoms with van der Waals surface area (Å²) in [6.45, 7) is 1.55. The van der Waals surface area contributed by atoms with Gasteiger partial charge in [0.2, 0.25) is 5.95 Å². The van der Waals surface area contributed by atoms with Gasteiger partial charge in [0.05, 0.1) is 18.9 Å². The van der Waals surface area contributed by atoms with E-state index in [0.717, 1.165) is 0 Å². The van der Waals surface area contributed by atoms with Crippen molar-refractivity contribution in [3.05, 3.63) is 75.7 Å². The number of carbonyl (C=O) groups is 1. The highest BCUT2D eigenvalue weighted by molar-refractivity contribution is 5.91. The van der Waals surface area contributed by atoms with Gasteiger partial charge in [-0.25, -0.2) is 10.2 Å². The van der Waals surface area contributed by atoms with Crippen LogP contribution in [0.25, 0.3) is 0 Å². The first kappa shape index (κ1) is 18.8. The molecule has 2 aromatic carbocycles. The second-order valence-corrected chi connectivity index (χ2v) is 5.62. The van der Waals surface area contributed by atoms with E-state index in [9.17, 15) is 9.59 Å². The summed E-state index contributed by atoms with van der Waals surface area (Å²) in [4.78, 5) is 26.2. The maximum Gasteiger partial charge on any atom is 0.343 e. The van der Waals surface area contributed by atoms with Gasteiger partial charge in [0.1, 0.15) is 5.69 Å². The minimum atomic E-state index is -0.483. The fourth-order valence-electron chi connectivity index (χ4n) is 2.19. The molecule has 3 rings (SSSR count). The molecule has 0 unspecified atom stereocenters. The largest absolute Gasteiger partial charge is 0.493 e. The van der Waals surface area contributed by atoms with Gasteiger partial charge in [-0.1, -0.05) is 18.2 Å². The van der Waals surface area contributed by atoms with Crippen molar-refractivity contribution in [1.82, 2.24) is 15.2 Å². The van der Waals surface area contributed by atoms with Crippen molar-refractivity contribution in [1.29, 1.82) is 0 Å². The lowest BCUT2D eigenvalue weighted by atomic mass is 10.2. The molecule has 0 saturated heterocycles. The fraction of sp³-hybridized carbons (Fsp3) is 0.105. The summed E-state index contributed by atoms with van der Waals surface area (Å²) >= 11 is 0. The van der Waals surface area contributed by atoms with Crippen LogP contribution in [0.15, 0.2) is 58.4 Å². The van der Waals surface area contributed by atoms with Crippen LogP contribution in [0.3, 0.4) is 0 Å². The summed E-state index contributed by atoms with van der Waals surface area (Å²) in [6, 6.07) is 13.6. The van der Waals surface area contributed by atoms with Crippen LogP contribution in [0.5, 0.6) is 11.5 Å². The van der Waals surface area contributed by atoms with Crippen LogP contribution in [0, 0.1) is 6.92 Å². The average Bonchev–Trinajstić information content (AvgIpc) is 2.72. The standard InChI is InChI=1S/C19H17N5O4/c1-12-17(25)21-19(24-22-12)23-20-11-13-8-9-15(16(10-13)27-2)28-18(26)14-6-4-3-5-7-14/h3-11H,1-2H3,(H2,21,23,24,25)/b20-11+. The van der Waals surface area contributed by atoms with Gasteiger partial charge in [-0.15, -0.1) is 10.2 Å². The van der Waals surface area contributed by atoms with E-state index in [1.165, 1.54) is 13.3 Å². The van der Waals surface area contributed by atoms with E-state index in [1.807, 2.05) is 6.07 Å². The zero-order valence-electron chi connectivity index (χ0n) is 15.2. The average molecular weight is 379 g/mol. The summed E-state index contributed by atoms with van der Waals surface area (Å²) in [6.07, 6.45) is 1.49. The van der Waals surface area contributed by atoms with Gasteiger partial charge in [-0.3, -0.25) is 9.78 Å². The Bertz CT molecular complexity index is 1060. The minimum absolute atomic E-state index is 0.118. The Morgan fingerprint density at radius 2 is 1.93 bits per heavy atom. The van der Waals surface area contributed by atoms with Crippen molar-refractivity contribution in [3.63, 3.8) is 0 Å².